The van der Waals surface area contributed by atoms with E-state index >= 15 is 0 Å². The fraction of sp³-hybridized carbons (Fsp3) is 0.400. The highest BCUT2D eigenvalue weighted by Crippen LogP contribution is 2.16. The zero-order chi connectivity index (χ0) is 8.97. The van der Waals surface area contributed by atoms with Gasteiger partial charge in [0.2, 0.25) is 0 Å². The van der Waals surface area contributed by atoms with Crippen LogP contribution in [0.15, 0.2) is 18.2 Å². The molecule has 1 aromatic rings. The summed E-state index contributed by atoms with van der Waals surface area (Å²) in [5, 5.41) is 0.813. The Labute approximate surface area is 78.5 Å². The van der Waals surface area contributed by atoms with E-state index in [0.29, 0.717) is 0 Å². The van der Waals surface area contributed by atoms with Crippen molar-refractivity contribution in [3.63, 3.8) is 0 Å². The van der Waals surface area contributed by atoms with Gasteiger partial charge in [-0.3, -0.25) is 0 Å². The largest absolute Gasteiger partial charge is 0.330 e. The predicted molar refractivity (Wildman–Crippen MR) is 53.6 cm³/mol. The summed E-state index contributed by atoms with van der Waals surface area (Å²) >= 11 is 5.86. The summed E-state index contributed by atoms with van der Waals surface area (Å²) in [6.07, 6.45) is 2.06. The van der Waals surface area contributed by atoms with E-state index in [-0.39, 0.29) is 0 Å². The third-order valence-corrected chi connectivity index (χ3v) is 2.20. The monoisotopic (exact) mass is 183 g/mol. The van der Waals surface area contributed by atoms with E-state index in [0.717, 1.165) is 24.4 Å². The van der Waals surface area contributed by atoms with Crippen molar-refractivity contribution < 1.29 is 0 Å². The molecular weight excluding hydrogens is 170 g/mol. The molecule has 0 aliphatic heterocycles. The number of rotatable bonds is 3. The standard InChI is InChI=1S/C10H14ClN/c1-8-4-5-10(11)7-9(8)3-2-6-12/h4-5,7H,2-3,6,12H2,1H3. The Morgan fingerprint density at radius 1 is 1.42 bits per heavy atom. The van der Waals surface area contributed by atoms with E-state index in [1.165, 1.54) is 11.1 Å². The van der Waals surface area contributed by atoms with Crippen LogP contribution in [-0.2, 0) is 6.42 Å². The second-order valence-corrected chi connectivity index (χ2v) is 3.40. The van der Waals surface area contributed by atoms with Crippen molar-refractivity contribution in [2.45, 2.75) is 19.8 Å². The van der Waals surface area contributed by atoms with Crippen molar-refractivity contribution in [2.75, 3.05) is 6.54 Å². The van der Waals surface area contributed by atoms with Crippen molar-refractivity contribution in [1.82, 2.24) is 0 Å². The van der Waals surface area contributed by atoms with E-state index in [9.17, 15) is 0 Å². The van der Waals surface area contributed by atoms with E-state index in [2.05, 4.69) is 6.92 Å². The number of hydrogen-bond acceptors (Lipinski definition) is 1. The van der Waals surface area contributed by atoms with Crippen molar-refractivity contribution in [3.05, 3.63) is 34.3 Å². The lowest BCUT2D eigenvalue weighted by atomic mass is 10.0. The van der Waals surface area contributed by atoms with Gasteiger partial charge in [-0.1, -0.05) is 17.7 Å². The second-order valence-electron chi connectivity index (χ2n) is 2.96. The Kier molecular flexibility index (Phi) is 3.57. The average Bonchev–Trinajstić information content (AvgIpc) is 2.07. The maximum Gasteiger partial charge on any atom is 0.0408 e. The van der Waals surface area contributed by atoms with Gasteiger partial charge in [0, 0.05) is 5.02 Å². The molecule has 0 fully saturated rings. The summed E-state index contributed by atoms with van der Waals surface area (Å²) in [7, 11) is 0. The van der Waals surface area contributed by atoms with E-state index in [4.69, 9.17) is 17.3 Å². The molecule has 2 N–H and O–H groups in total. The van der Waals surface area contributed by atoms with Gasteiger partial charge in [0.15, 0.2) is 0 Å². The zero-order valence-corrected chi connectivity index (χ0v) is 8.06. The van der Waals surface area contributed by atoms with Crippen LogP contribution in [0.2, 0.25) is 5.02 Å². The summed E-state index contributed by atoms with van der Waals surface area (Å²) in [5.74, 6) is 0. The highest BCUT2D eigenvalue weighted by molar-refractivity contribution is 6.30. The van der Waals surface area contributed by atoms with Gasteiger partial charge in [0.1, 0.15) is 0 Å². The van der Waals surface area contributed by atoms with Crippen LogP contribution in [0.1, 0.15) is 17.5 Å². The molecule has 0 atom stereocenters. The van der Waals surface area contributed by atoms with E-state index in [1.807, 2.05) is 18.2 Å². The van der Waals surface area contributed by atoms with Gasteiger partial charge < -0.3 is 5.73 Å². The van der Waals surface area contributed by atoms with Gasteiger partial charge >= 0.3 is 0 Å². The van der Waals surface area contributed by atoms with Gasteiger partial charge in [-0.05, 0) is 49.6 Å². The molecule has 0 saturated heterocycles. The molecule has 0 spiro atoms. The van der Waals surface area contributed by atoms with Crippen LogP contribution in [0.4, 0.5) is 0 Å². The molecule has 1 nitrogen and oxygen atoms in total. The summed E-state index contributed by atoms with van der Waals surface area (Å²) < 4.78 is 0. The molecule has 0 bridgehead atoms. The Hall–Kier alpha value is -0.530. The Morgan fingerprint density at radius 3 is 2.83 bits per heavy atom. The SMILES string of the molecule is Cc1ccc(Cl)cc1CCCN. The number of halogens is 1. The number of hydrogen-bond donors (Lipinski definition) is 1. The van der Waals surface area contributed by atoms with Crippen LogP contribution in [-0.4, -0.2) is 6.54 Å². The maximum atomic E-state index is 5.86. The third-order valence-electron chi connectivity index (χ3n) is 1.96. The minimum atomic E-state index is 0.742. The molecule has 1 aromatic carbocycles. The predicted octanol–water partition coefficient (Wildman–Crippen LogP) is 2.54. The van der Waals surface area contributed by atoms with Crippen molar-refractivity contribution >= 4 is 11.6 Å². The molecule has 0 unspecified atom stereocenters. The highest BCUT2D eigenvalue weighted by atomic mass is 35.5. The first kappa shape index (κ1) is 9.56. The smallest absolute Gasteiger partial charge is 0.0408 e. The van der Waals surface area contributed by atoms with Crippen LogP contribution in [0, 0.1) is 6.92 Å². The number of nitrogens with two attached hydrogens (primary N) is 1. The molecular formula is C10H14ClN. The molecule has 0 aliphatic rings. The molecule has 2 heteroatoms. The molecule has 0 heterocycles. The molecule has 0 saturated carbocycles. The van der Waals surface area contributed by atoms with Crippen molar-refractivity contribution in [3.8, 4) is 0 Å². The Balaban J connectivity index is 2.75. The molecule has 0 aliphatic carbocycles. The lowest BCUT2D eigenvalue weighted by molar-refractivity contribution is 0.828. The average molecular weight is 184 g/mol. The minimum Gasteiger partial charge on any atom is -0.330 e. The molecule has 66 valence electrons. The molecule has 1 rings (SSSR count). The third kappa shape index (κ3) is 2.50. The van der Waals surface area contributed by atoms with Crippen LogP contribution in [0.3, 0.4) is 0 Å². The molecule has 0 aromatic heterocycles. The number of benzene rings is 1. The fourth-order valence-electron chi connectivity index (χ4n) is 1.20. The molecule has 12 heavy (non-hydrogen) atoms. The fourth-order valence-corrected chi connectivity index (χ4v) is 1.40. The van der Waals surface area contributed by atoms with Gasteiger partial charge in [-0.2, -0.15) is 0 Å². The van der Waals surface area contributed by atoms with E-state index in [1.54, 1.807) is 0 Å². The molecule has 0 radical (unpaired) electrons. The second kappa shape index (κ2) is 4.48. The van der Waals surface area contributed by atoms with Crippen LogP contribution >= 0.6 is 11.6 Å². The maximum absolute atomic E-state index is 5.86. The first-order chi connectivity index (χ1) is 5.74. The van der Waals surface area contributed by atoms with Gasteiger partial charge in [0.25, 0.3) is 0 Å². The van der Waals surface area contributed by atoms with Crippen LogP contribution in [0.5, 0.6) is 0 Å². The molecule has 0 amide bonds. The van der Waals surface area contributed by atoms with Gasteiger partial charge in [-0.15, -0.1) is 0 Å². The lowest BCUT2D eigenvalue weighted by Crippen LogP contribution is -2.01. The van der Waals surface area contributed by atoms with Gasteiger partial charge in [0.05, 0.1) is 0 Å². The van der Waals surface area contributed by atoms with Crippen LogP contribution < -0.4 is 5.73 Å². The zero-order valence-electron chi connectivity index (χ0n) is 7.31. The topological polar surface area (TPSA) is 26.0 Å². The lowest BCUT2D eigenvalue weighted by Gasteiger charge is -2.04. The van der Waals surface area contributed by atoms with Gasteiger partial charge in [-0.25, -0.2) is 0 Å². The first-order valence-corrected chi connectivity index (χ1v) is 4.57. The Bertz CT molecular complexity index is 258. The summed E-state index contributed by atoms with van der Waals surface area (Å²) in [5.41, 5.74) is 8.04. The van der Waals surface area contributed by atoms with Crippen LogP contribution in [0.25, 0.3) is 0 Å². The minimum absolute atomic E-state index is 0.742. The summed E-state index contributed by atoms with van der Waals surface area (Å²) in [6, 6.07) is 5.99. The normalized spacial score (nSPS) is 10.2. The summed E-state index contributed by atoms with van der Waals surface area (Å²) in [6.45, 7) is 2.84. The first-order valence-electron chi connectivity index (χ1n) is 4.19. The number of aryl methyl sites for hydroxylation is 2. The quantitative estimate of drug-likeness (QED) is 0.766. The van der Waals surface area contributed by atoms with Crippen molar-refractivity contribution in [1.29, 1.82) is 0 Å². The summed E-state index contributed by atoms with van der Waals surface area (Å²) in [4.78, 5) is 0. The van der Waals surface area contributed by atoms with Crippen molar-refractivity contribution in [2.24, 2.45) is 5.73 Å². The van der Waals surface area contributed by atoms with E-state index < -0.39 is 0 Å². The Morgan fingerprint density at radius 2 is 2.17 bits per heavy atom. The highest BCUT2D eigenvalue weighted by Gasteiger charge is 1.98.